The predicted octanol–water partition coefficient (Wildman–Crippen LogP) is 3.42. The van der Waals surface area contributed by atoms with Crippen molar-refractivity contribution in [3.63, 3.8) is 0 Å². The molecule has 0 unspecified atom stereocenters. The number of fused-ring (bicyclic) bond motifs is 1. The molecule has 0 saturated heterocycles. The molecule has 3 heterocycles. The Morgan fingerprint density at radius 3 is 2.68 bits per heavy atom. The Morgan fingerprint density at radius 2 is 1.90 bits per heavy atom. The van der Waals surface area contributed by atoms with Crippen LogP contribution in [0.25, 0.3) is 16.9 Å². The molecule has 10 nitrogen and oxygen atoms in total. The summed E-state index contributed by atoms with van der Waals surface area (Å²) < 4.78 is 1.89. The van der Waals surface area contributed by atoms with Crippen LogP contribution in [-0.4, -0.2) is 37.4 Å². The number of pyridine rings is 1. The van der Waals surface area contributed by atoms with E-state index in [0.717, 1.165) is 22.5 Å². The SMILES string of the molecule is Cc1ccc(C)c(-c2cc3nccn3c(NCCNc3ccc([N+](=O)[O-])c(N)n3)n2)c1. The van der Waals surface area contributed by atoms with Gasteiger partial charge in [-0.15, -0.1) is 0 Å². The number of imidazole rings is 1. The van der Waals surface area contributed by atoms with Crippen LogP contribution < -0.4 is 16.4 Å². The molecule has 0 atom stereocenters. The van der Waals surface area contributed by atoms with Crippen LogP contribution in [0.5, 0.6) is 0 Å². The Labute approximate surface area is 178 Å². The molecule has 1 aromatic carbocycles. The van der Waals surface area contributed by atoms with Gasteiger partial charge in [0.15, 0.2) is 0 Å². The van der Waals surface area contributed by atoms with Crippen LogP contribution in [0.1, 0.15) is 11.1 Å². The summed E-state index contributed by atoms with van der Waals surface area (Å²) in [5.41, 5.74) is 10.4. The van der Waals surface area contributed by atoms with E-state index in [9.17, 15) is 10.1 Å². The van der Waals surface area contributed by atoms with Crippen LogP contribution in [0.3, 0.4) is 0 Å². The van der Waals surface area contributed by atoms with Crippen LogP contribution >= 0.6 is 0 Å². The van der Waals surface area contributed by atoms with Crippen LogP contribution in [0, 0.1) is 24.0 Å². The Kier molecular flexibility index (Phi) is 5.35. The van der Waals surface area contributed by atoms with Crippen molar-refractivity contribution in [3.05, 3.63) is 70.0 Å². The van der Waals surface area contributed by atoms with E-state index in [1.54, 1.807) is 6.20 Å². The van der Waals surface area contributed by atoms with Crippen molar-refractivity contribution in [1.29, 1.82) is 0 Å². The molecule has 31 heavy (non-hydrogen) atoms. The molecule has 0 aliphatic carbocycles. The molecule has 0 bridgehead atoms. The second-order valence-electron chi connectivity index (χ2n) is 7.15. The fraction of sp³-hybridized carbons (Fsp3) is 0.190. The van der Waals surface area contributed by atoms with Gasteiger partial charge in [0.2, 0.25) is 11.8 Å². The number of nitro groups is 1. The number of aromatic nitrogens is 4. The number of anilines is 3. The van der Waals surface area contributed by atoms with Crippen molar-refractivity contribution in [2.75, 3.05) is 29.5 Å². The Bertz CT molecular complexity index is 1270. The second kappa shape index (κ2) is 8.27. The highest BCUT2D eigenvalue weighted by Gasteiger charge is 2.13. The highest BCUT2D eigenvalue weighted by atomic mass is 16.6. The number of nitrogens with one attached hydrogen (secondary N) is 2. The smallest absolute Gasteiger partial charge is 0.311 e. The molecule has 4 N–H and O–H groups in total. The largest absolute Gasteiger partial charge is 0.378 e. The number of rotatable bonds is 7. The number of nitrogens with zero attached hydrogens (tertiary/aromatic N) is 5. The molecule has 0 spiro atoms. The quantitative estimate of drug-likeness (QED) is 0.236. The van der Waals surface area contributed by atoms with Gasteiger partial charge < -0.3 is 16.4 Å². The Balaban J connectivity index is 1.50. The van der Waals surface area contributed by atoms with E-state index in [0.29, 0.717) is 24.9 Å². The summed E-state index contributed by atoms with van der Waals surface area (Å²) in [5, 5.41) is 17.3. The average Bonchev–Trinajstić information content (AvgIpc) is 3.21. The minimum Gasteiger partial charge on any atom is -0.378 e. The lowest BCUT2D eigenvalue weighted by molar-refractivity contribution is -0.384. The number of hydrogen-bond donors (Lipinski definition) is 3. The normalized spacial score (nSPS) is 10.9. The third kappa shape index (κ3) is 4.22. The molecule has 3 aromatic heterocycles. The van der Waals surface area contributed by atoms with E-state index >= 15 is 0 Å². The van der Waals surface area contributed by atoms with Gasteiger partial charge in [0.25, 0.3) is 0 Å². The number of aryl methyl sites for hydroxylation is 2. The molecule has 0 amide bonds. The lowest BCUT2D eigenvalue weighted by Crippen LogP contribution is -2.17. The zero-order chi connectivity index (χ0) is 22.0. The average molecular weight is 418 g/mol. The lowest BCUT2D eigenvalue weighted by atomic mass is 10.0. The van der Waals surface area contributed by atoms with Gasteiger partial charge in [0.1, 0.15) is 11.5 Å². The van der Waals surface area contributed by atoms with Gasteiger partial charge in [0.05, 0.1) is 10.6 Å². The Hall–Kier alpha value is -4.21. The van der Waals surface area contributed by atoms with Crippen molar-refractivity contribution in [1.82, 2.24) is 19.4 Å². The summed E-state index contributed by atoms with van der Waals surface area (Å²) >= 11 is 0. The zero-order valence-corrected chi connectivity index (χ0v) is 17.2. The topological polar surface area (TPSA) is 136 Å². The first kappa shape index (κ1) is 20.1. The fourth-order valence-electron chi connectivity index (χ4n) is 3.28. The minimum absolute atomic E-state index is 0.119. The van der Waals surface area contributed by atoms with E-state index in [1.165, 1.54) is 17.7 Å². The number of hydrogen-bond acceptors (Lipinski definition) is 8. The van der Waals surface area contributed by atoms with Crippen molar-refractivity contribution in [2.24, 2.45) is 0 Å². The maximum absolute atomic E-state index is 10.8. The highest BCUT2D eigenvalue weighted by Crippen LogP contribution is 2.26. The summed E-state index contributed by atoms with van der Waals surface area (Å²) in [6.07, 6.45) is 3.58. The number of benzene rings is 1. The van der Waals surface area contributed by atoms with Crippen molar-refractivity contribution in [3.8, 4) is 11.3 Å². The van der Waals surface area contributed by atoms with E-state index in [-0.39, 0.29) is 11.5 Å². The molecule has 158 valence electrons. The maximum Gasteiger partial charge on any atom is 0.311 e. The molecule has 0 radical (unpaired) electrons. The fourth-order valence-corrected chi connectivity index (χ4v) is 3.28. The third-order valence-corrected chi connectivity index (χ3v) is 4.87. The molecule has 0 fully saturated rings. The van der Waals surface area contributed by atoms with E-state index < -0.39 is 4.92 Å². The van der Waals surface area contributed by atoms with Crippen LogP contribution in [-0.2, 0) is 0 Å². The maximum atomic E-state index is 10.8. The van der Waals surface area contributed by atoms with Gasteiger partial charge in [-0.3, -0.25) is 14.5 Å². The standard InChI is InChI=1S/C21H22N8O2/c1-13-3-4-14(2)15(11-13)16-12-19-24-9-10-28(19)21(26-16)25-8-7-23-18-6-5-17(29(30)31)20(22)27-18/h3-6,9-12H,7-8H2,1-2H3,(H,25,26)(H3,22,23,27). The monoisotopic (exact) mass is 418 g/mol. The van der Waals surface area contributed by atoms with Crippen LogP contribution in [0.15, 0.2) is 48.8 Å². The van der Waals surface area contributed by atoms with Gasteiger partial charge in [-0.25, -0.2) is 15.0 Å². The van der Waals surface area contributed by atoms with Gasteiger partial charge in [-0.05, 0) is 31.5 Å². The summed E-state index contributed by atoms with van der Waals surface area (Å²) in [5.74, 6) is 1.02. The molecule has 0 aliphatic heterocycles. The molecule has 0 saturated carbocycles. The first-order valence-corrected chi connectivity index (χ1v) is 9.73. The molecular formula is C21H22N8O2. The van der Waals surface area contributed by atoms with Crippen molar-refractivity contribution < 1.29 is 4.92 Å². The summed E-state index contributed by atoms with van der Waals surface area (Å²) in [7, 11) is 0. The third-order valence-electron chi connectivity index (χ3n) is 4.87. The highest BCUT2D eigenvalue weighted by molar-refractivity contribution is 5.69. The second-order valence-corrected chi connectivity index (χ2v) is 7.15. The summed E-state index contributed by atoms with van der Waals surface area (Å²) in [6, 6.07) is 11.1. The zero-order valence-electron chi connectivity index (χ0n) is 17.2. The molecule has 10 heteroatoms. The summed E-state index contributed by atoms with van der Waals surface area (Å²) in [6.45, 7) is 5.16. The first-order chi connectivity index (χ1) is 14.9. The molecule has 4 aromatic rings. The van der Waals surface area contributed by atoms with Gasteiger partial charge in [-0.2, -0.15) is 0 Å². The van der Waals surface area contributed by atoms with Crippen LogP contribution in [0.2, 0.25) is 0 Å². The van der Waals surface area contributed by atoms with E-state index in [1.807, 2.05) is 16.7 Å². The minimum atomic E-state index is -0.557. The van der Waals surface area contributed by atoms with Crippen molar-refractivity contribution >= 4 is 28.9 Å². The first-order valence-electron chi connectivity index (χ1n) is 9.73. The van der Waals surface area contributed by atoms with Gasteiger partial charge in [0, 0.05) is 43.2 Å². The Morgan fingerprint density at radius 1 is 1.10 bits per heavy atom. The molecular weight excluding hydrogens is 396 g/mol. The van der Waals surface area contributed by atoms with E-state index in [4.69, 9.17) is 10.7 Å². The van der Waals surface area contributed by atoms with Crippen molar-refractivity contribution in [2.45, 2.75) is 13.8 Å². The van der Waals surface area contributed by atoms with Gasteiger partial charge in [-0.1, -0.05) is 17.7 Å². The van der Waals surface area contributed by atoms with E-state index in [2.05, 4.69) is 52.6 Å². The molecule has 0 aliphatic rings. The van der Waals surface area contributed by atoms with Crippen LogP contribution in [0.4, 0.5) is 23.3 Å². The predicted molar refractivity (Wildman–Crippen MR) is 120 cm³/mol. The molecule has 4 rings (SSSR count). The summed E-state index contributed by atoms with van der Waals surface area (Å²) in [4.78, 5) is 23.5. The lowest BCUT2D eigenvalue weighted by Gasteiger charge is -2.13. The number of nitrogens with two attached hydrogens (primary N) is 1. The number of nitrogen functional groups attached to an aromatic ring is 1. The van der Waals surface area contributed by atoms with Gasteiger partial charge >= 0.3 is 5.69 Å².